The average molecular weight is 612 g/mol. The van der Waals surface area contributed by atoms with E-state index in [0.717, 1.165) is 34.0 Å². The average Bonchev–Trinajstić information content (AvgIpc) is 2.99. The predicted molar refractivity (Wildman–Crippen MR) is 169 cm³/mol. The molecule has 45 heavy (non-hydrogen) atoms. The number of fused-ring (bicyclic) bond motifs is 4. The van der Waals surface area contributed by atoms with Gasteiger partial charge in [-0.25, -0.2) is 0 Å². The van der Waals surface area contributed by atoms with Gasteiger partial charge in [-0.2, -0.15) is 0 Å². The van der Waals surface area contributed by atoms with Gasteiger partial charge in [0.15, 0.2) is 11.4 Å². The number of amides is 1. The van der Waals surface area contributed by atoms with E-state index in [-0.39, 0.29) is 29.7 Å². The van der Waals surface area contributed by atoms with Gasteiger partial charge in [-0.05, 0) is 86.0 Å². The number of hydrogen-bond donors (Lipinski definition) is 5. The highest BCUT2D eigenvalue weighted by atomic mass is 16.3. The van der Waals surface area contributed by atoms with E-state index >= 15 is 0 Å². The summed E-state index contributed by atoms with van der Waals surface area (Å²) in [5.41, 5.74) is 0.0864. The van der Waals surface area contributed by atoms with Gasteiger partial charge in [0.2, 0.25) is 5.78 Å². The number of nitrogens with zero attached hydrogens (tertiary/aromatic N) is 2. The van der Waals surface area contributed by atoms with Crippen LogP contribution in [0.2, 0.25) is 0 Å². The second-order valence-electron chi connectivity index (χ2n) is 12.7. The molecule has 1 amide bonds. The Bertz CT molecular complexity index is 1860. The van der Waals surface area contributed by atoms with E-state index < -0.39 is 58.0 Å². The van der Waals surface area contributed by atoms with Crippen molar-refractivity contribution in [3.63, 3.8) is 0 Å². The molecule has 3 aromatic carbocycles. The van der Waals surface area contributed by atoms with Gasteiger partial charge in [-0.3, -0.25) is 19.3 Å². The fourth-order valence-corrected chi connectivity index (χ4v) is 7.68. The third-order valence-electron chi connectivity index (χ3n) is 9.60. The molecule has 0 saturated heterocycles. The first-order chi connectivity index (χ1) is 21.3. The molecule has 5 N–H and O–H groups in total. The van der Waals surface area contributed by atoms with E-state index in [1.54, 1.807) is 20.2 Å². The maximum Gasteiger partial charge on any atom is 0.258 e. The number of rotatable bonds is 5. The molecule has 3 aliphatic carbocycles. The summed E-state index contributed by atoms with van der Waals surface area (Å²) in [6.07, 6.45) is 0.282. The lowest BCUT2D eigenvalue weighted by Crippen LogP contribution is -2.65. The number of phenolic OH excluding ortho intramolecular Hbond substituents is 1. The minimum Gasteiger partial charge on any atom is -0.508 e. The fourth-order valence-electron chi connectivity index (χ4n) is 7.68. The lowest BCUT2D eigenvalue weighted by Gasteiger charge is -2.50. The van der Waals surface area contributed by atoms with Crippen LogP contribution < -0.4 is 5.32 Å². The van der Waals surface area contributed by atoms with E-state index in [2.05, 4.69) is 22.3 Å². The van der Waals surface area contributed by atoms with Crippen molar-refractivity contribution in [1.82, 2.24) is 15.1 Å². The van der Waals surface area contributed by atoms with Gasteiger partial charge >= 0.3 is 0 Å². The van der Waals surface area contributed by atoms with Crippen molar-refractivity contribution in [3.8, 4) is 16.9 Å². The van der Waals surface area contributed by atoms with Crippen LogP contribution in [-0.2, 0) is 27.3 Å². The molecule has 6 rings (SSSR count). The van der Waals surface area contributed by atoms with E-state index in [9.17, 15) is 34.8 Å². The molecule has 3 aliphatic rings. The minimum atomic E-state index is -2.63. The number of Topliss-reactive ketones (excluding diaryl/α,β-unsaturated/α-hetero) is 2. The highest BCUT2D eigenvalue weighted by molar-refractivity contribution is 6.25. The second kappa shape index (κ2) is 10.8. The molecule has 10 nitrogen and oxygen atoms in total. The molecule has 4 atom stereocenters. The summed E-state index contributed by atoms with van der Waals surface area (Å²) in [5.74, 6) is -6.10. The van der Waals surface area contributed by atoms with Crippen LogP contribution in [0.5, 0.6) is 5.75 Å². The van der Waals surface area contributed by atoms with Crippen molar-refractivity contribution in [2.75, 3.05) is 35.2 Å². The summed E-state index contributed by atoms with van der Waals surface area (Å²) in [5, 5.41) is 50.3. The number of aliphatic hydroxyl groups excluding tert-OH is 2. The molecule has 234 valence electrons. The van der Waals surface area contributed by atoms with Crippen LogP contribution in [0.1, 0.15) is 23.1 Å². The summed E-state index contributed by atoms with van der Waals surface area (Å²) < 4.78 is 0. The summed E-state index contributed by atoms with van der Waals surface area (Å²) in [4.78, 5) is 44.1. The Hall–Kier alpha value is -4.51. The Morgan fingerprint density at radius 3 is 2.27 bits per heavy atom. The molecule has 1 fully saturated rings. The van der Waals surface area contributed by atoms with Crippen molar-refractivity contribution >= 4 is 34.0 Å². The molecule has 1 saturated carbocycles. The Balaban J connectivity index is 1.56. The summed E-state index contributed by atoms with van der Waals surface area (Å²) in [7, 11) is 8.51. The van der Waals surface area contributed by atoms with Crippen molar-refractivity contribution < 1.29 is 34.8 Å². The lowest BCUT2D eigenvalue weighted by atomic mass is 9.57. The second-order valence-corrected chi connectivity index (χ2v) is 12.7. The van der Waals surface area contributed by atoms with Crippen LogP contribution in [-0.4, -0.2) is 94.6 Å². The monoisotopic (exact) mass is 611 g/mol. The highest BCUT2D eigenvalue weighted by Crippen LogP contribution is 2.54. The zero-order valence-electron chi connectivity index (χ0n) is 25.9. The van der Waals surface area contributed by atoms with E-state index in [1.165, 1.54) is 18.0 Å². The van der Waals surface area contributed by atoms with Gasteiger partial charge < -0.3 is 30.6 Å². The van der Waals surface area contributed by atoms with Crippen LogP contribution in [0.15, 0.2) is 65.4 Å². The summed E-state index contributed by atoms with van der Waals surface area (Å²) in [6.45, 7) is 0.741. The smallest absolute Gasteiger partial charge is 0.258 e. The lowest BCUT2D eigenvalue weighted by molar-refractivity contribution is -0.153. The Morgan fingerprint density at radius 1 is 0.956 bits per heavy atom. The maximum absolute atomic E-state index is 14.2. The molecule has 0 bridgehead atoms. The molecule has 0 heterocycles. The number of hydrogen-bond acceptors (Lipinski definition) is 9. The number of phenols is 1. The Labute approximate surface area is 260 Å². The first-order valence-electron chi connectivity index (χ1n) is 14.9. The number of benzene rings is 3. The van der Waals surface area contributed by atoms with Crippen molar-refractivity contribution in [2.24, 2.45) is 11.8 Å². The van der Waals surface area contributed by atoms with Gasteiger partial charge in [0.25, 0.3) is 5.91 Å². The molecular weight excluding hydrogens is 574 g/mol. The molecule has 0 aromatic heterocycles. The van der Waals surface area contributed by atoms with Crippen molar-refractivity contribution in [1.29, 1.82) is 0 Å². The Morgan fingerprint density at radius 2 is 1.62 bits per heavy atom. The summed E-state index contributed by atoms with van der Waals surface area (Å²) in [6, 6.07) is 14.3. The number of aliphatic hydroxyl groups is 3. The van der Waals surface area contributed by atoms with Crippen LogP contribution in [0.3, 0.4) is 0 Å². The first kappa shape index (κ1) is 30.5. The van der Waals surface area contributed by atoms with Crippen molar-refractivity contribution in [2.45, 2.75) is 31.0 Å². The van der Waals surface area contributed by atoms with Gasteiger partial charge in [-0.15, -0.1) is 0 Å². The molecule has 0 spiro atoms. The van der Waals surface area contributed by atoms with Crippen LogP contribution in [0.25, 0.3) is 27.7 Å². The van der Waals surface area contributed by atoms with Gasteiger partial charge in [-0.1, -0.05) is 42.5 Å². The van der Waals surface area contributed by atoms with E-state index in [0.29, 0.717) is 5.56 Å². The van der Waals surface area contributed by atoms with Crippen molar-refractivity contribution in [3.05, 3.63) is 82.1 Å². The standard InChI is InChI=1S/C35H37N3O7/c1-36-34(44)28-31(41)29(38(4)5)24-15-18-14-23-22(21-11-10-17(16-37(2)3)19-8-6-7-9-20(19)21)12-13-25(39)27(23)30(40)26(18)32(42)35(24,45)33(28)43/h6-13,18,24,29,39-40,43,45H,14-16H2,1-5H3,(H,36,44)/t18-,24-,29+,35-/m0/s1. The number of ketones is 2. The first-order valence-corrected chi connectivity index (χ1v) is 14.9. The number of likely N-dealkylation sites (N-methyl/N-ethyl adjacent to an activating group) is 2. The topological polar surface area (TPSA) is 151 Å². The maximum atomic E-state index is 14.2. The number of carbonyl (C=O) groups is 3. The minimum absolute atomic E-state index is 0.0539. The molecule has 0 aliphatic heterocycles. The number of aromatic hydroxyl groups is 1. The van der Waals surface area contributed by atoms with Gasteiger partial charge in [0.1, 0.15) is 22.8 Å². The SMILES string of the molecule is CNC(=O)C1=C(O)[C@@]2(O)C(=O)C3=C(O)c4c(O)ccc(-c5ccc(CN(C)C)c6ccccc56)c4C[C@H]3C[C@H]2[C@@H](N(C)C)C1=O. The summed E-state index contributed by atoms with van der Waals surface area (Å²) >= 11 is 0. The van der Waals surface area contributed by atoms with E-state index in [1.807, 2.05) is 38.4 Å². The molecule has 0 unspecified atom stereocenters. The third-order valence-corrected chi connectivity index (χ3v) is 9.60. The number of carbonyl (C=O) groups excluding carboxylic acids is 3. The third kappa shape index (κ3) is 4.39. The number of nitrogens with one attached hydrogen (secondary N) is 1. The zero-order valence-corrected chi connectivity index (χ0v) is 25.9. The fraction of sp³-hybridized carbons (Fsp3) is 0.343. The molecule has 3 aromatic rings. The van der Waals surface area contributed by atoms with Crippen LogP contribution in [0.4, 0.5) is 0 Å². The van der Waals surface area contributed by atoms with E-state index in [4.69, 9.17) is 0 Å². The largest absolute Gasteiger partial charge is 0.508 e. The van der Waals surface area contributed by atoms with Crippen LogP contribution in [0, 0.1) is 11.8 Å². The normalized spacial score (nSPS) is 24.7. The molecular formula is C35H37N3O7. The molecule has 10 heteroatoms. The quantitative estimate of drug-likeness (QED) is 0.274. The Kier molecular flexibility index (Phi) is 7.35. The zero-order chi connectivity index (χ0) is 32.5. The van der Waals surface area contributed by atoms with Gasteiger partial charge in [0, 0.05) is 25.1 Å². The highest BCUT2D eigenvalue weighted by Gasteiger charge is 2.64. The van der Waals surface area contributed by atoms with Gasteiger partial charge in [0.05, 0.1) is 11.6 Å². The van der Waals surface area contributed by atoms with Crippen LogP contribution >= 0.6 is 0 Å². The molecule has 0 radical (unpaired) electrons. The predicted octanol–water partition coefficient (Wildman–Crippen LogP) is 3.11.